The normalized spacial score (nSPS) is 13.8. The molecule has 2 aromatic rings. The van der Waals surface area contributed by atoms with E-state index in [1.54, 1.807) is 56.6 Å². The molecule has 2 aromatic carbocycles. The molecule has 1 N–H and O–H groups in total. The molecule has 0 aliphatic carbocycles. The quantitative estimate of drug-likeness (QED) is 0.855. The third-order valence-electron chi connectivity index (χ3n) is 4.48. The lowest BCUT2D eigenvalue weighted by Crippen LogP contribution is -2.50. The van der Waals surface area contributed by atoms with Crippen molar-refractivity contribution in [2.24, 2.45) is 0 Å². The Morgan fingerprint density at radius 1 is 1.00 bits per heavy atom. The van der Waals surface area contributed by atoms with E-state index >= 15 is 0 Å². The minimum absolute atomic E-state index is 0.161. The number of carbonyl (C=O) groups excluding carboxylic acids is 3. The third-order valence-corrected chi connectivity index (χ3v) is 4.48. The van der Waals surface area contributed by atoms with Gasteiger partial charge in [0.1, 0.15) is 0 Å². The van der Waals surface area contributed by atoms with Crippen LogP contribution in [0, 0.1) is 0 Å². The van der Waals surface area contributed by atoms with Crippen LogP contribution >= 0.6 is 0 Å². The fourth-order valence-electron chi connectivity index (χ4n) is 2.88. The smallest absolute Gasteiger partial charge is 0.258 e. The second-order valence-corrected chi connectivity index (χ2v) is 6.21. The van der Waals surface area contributed by atoms with Crippen LogP contribution in [-0.4, -0.2) is 39.0 Å². The van der Waals surface area contributed by atoms with Crippen LogP contribution in [0.2, 0.25) is 0 Å². The second-order valence-electron chi connectivity index (χ2n) is 6.21. The number of carbonyl (C=O) groups is 3. The highest BCUT2D eigenvalue weighted by atomic mass is 16.5. The molecule has 0 atom stereocenters. The minimum Gasteiger partial charge on any atom is -0.493 e. The van der Waals surface area contributed by atoms with E-state index in [9.17, 15) is 14.4 Å². The highest BCUT2D eigenvalue weighted by Crippen LogP contribution is 2.31. The molecule has 1 saturated heterocycles. The van der Waals surface area contributed by atoms with Crippen molar-refractivity contribution in [3.63, 3.8) is 0 Å². The molecule has 3 rings (SSSR count). The molecule has 28 heavy (non-hydrogen) atoms. The van der Waals surface area contributed by atoms with Crippen molar-refractivity contribution in [3.05, 3.63) is 48.0 Å². The minimum atomic E-state index is -0.229. The Balaban J connectivity index is 1.79. The molecule has 8 nitrogen and oxygen atoms in total. The van der Waals surface area contributed by atoms with Crippen molar-refractivity contribution < 1.29 is 23.9 Å². The molecule has 1 aliphatic heterocycles. The number of methoxy groups -OCH3 is 2. The molecule has 0 aromatic heterocycles. The maximum Gasteiger partial charge on any atom is 0.258 e. The SMILES string of the molecule is COc1ccc(N(C)C(=O)c2ccc(N3NC(=O)CCC3=O)cc2)cc1OC. The van der Waals surface area contributed by atoms with E-state index in [1.165, 1.54) is 17.0 Å². The molecule has 3 amide bonds. The monoisotopic (exact) mass is 383 g/mol. The average molecular weight is 383 g/mol. The first-order valence-electron chi connectivity index (χ1n) is 8.67. The van der Waals surface area contributed by atoms with Gasteiger partial charge in [0.05, 0.1) is 19.9 Å². The number of amides is 3. The number of hydrazine groups is 1. The predicted molar refractivity (Wildman–Crippen MR) is 104 cm³/mol. The van der Waals surface area contributed by atoms with Crippen molar-refractivity contribution in [2.75, 3.05) is 31.2 Å². The van der Waals surface area contributed by atoms with Crippen molar-refractivity contribution in [2.45, 2.75) is 12.8 Å². The lowest BCUT2D eigenvalue weighted by molar-refractivity contribution is -0.130. The molecule has 1 heterocycles. The van der Waals surface area contributed by atoms with E-state index in [0.717, 1.165) is 0 Å². The van der Waals surface area contributed by atoms with Crippen molar-refractivity contribution in [3.8, 4) is 11.5 Å². The van der Waals surface area contributed by atoms with Gasteiger partial charge in [-0.15, -0.1) is 0 Å². The van der Waals surface area contributed by atoms with E-state index in [-0.39, 0.29) is 30.6 Å². The fraction of sp³-hybridized carbons (Fsp3) is 0.250. The van der Waals surface area contributed by atoms with Gasteiger partial charge < -0.3 is 14.4 Å². The Bertz CT molecular complexity index is 911. The largest absolute Gasteiger partial charge is 0.493 e. The molecule has 0 saturated carbocycles. The third kappa shape index (κ3) is 3.75. The zero-order valence-corrected chi connectivity index (χ0v) is 15.9. The van der Waals surface area contributed by atoms with E-state index in [1.807, 2.05) is 0 Å². The molecular formula is C20H21N3O5. The summed E-state index contributed by atoms with van der Waals surface area (Å²) in [5.41, 5.74) is 4.12. The van der Waals surface area contributed by atoms with Gasteiger partial charge in [0.15, 0.2) is 11.5 Å². The van der Waals surface area contributed by atoms with Crippen LogP contribution in [0.1, 0.15) is 23.2 Å². The lowest BCUT2D eigenvalue weighted by Gasteiger charge is -2.27. The van der Waals surface area contributed by atoms with Gasteiger partial charge in [-0.3, -0.25) is 19.8 Å². The van der Waals surface area contributed by atoms with Gasteiger partial charge in [0.25, 0.3) is 5.91 Å². The Kier molecular flexibility index (Phi) is 5.49. The molecule has 0 spiro atoms. The first-order chi connectivity index (χ1) is 13.4. The van der Waals surface area contributed by atoms with Crippen LogP contribution in [0.25, 0.3) is 0 Å². The Morgan fingerprint density at radius 2 is 1.68 bits per heavy atom. The summed E-state index contributed by atoms with van der Waals surface area (Å²) in [5.74, 6) is 0.459. The summed E-state index contributed by atoms with van der Waals surface area (Å²) in [5, 5.41) is 1.21. The summed E-state index contributed by atoms with van der Waals surface area (Å²) in [6, 6.07) is 11.7. The number of hydrogen-bond acceptors (Lipinski definition) is 5. The highest BCUT2D eigenvalue weighted by Gasteiger charge is 2.24. The van der Waals surface area contributed by atoms with Gasteiger partial charge in [-0.05, 0) is 36.4 Å². The number of hydrogen-bond donors (Lipinski definition) is 1. The molecule has 1 aliphatic rings. The summed E-state index contributed by atoms with van der Waals surface area (Å²) in [6.07, 6.45) is 0.344. The Hall–Kier alpha value is -3.55. The van der Waals surface area contributed by atoms with Gasteiger partial charge in [-0.1, -0.05) is 0 Å². The first kappa shape index (κ1) is 19.2. The van der Waals surface area contributed by atoms with Crippen LogP contribution in [0.3, 0.4) is 0 Å². The number of nitrogens with zero attached hydrogens (tertiary/aromatic N) is 2. The maximum atomic E-state index is 12.8. The second kappa shape index (κ2) is 7.99. The highest BCUT2D eigenvalue weighted by molar-refractivity contribution is 6.06. The fourth-order valence-corrected chi connectivity index (χ4v) is 2.88. The average Bonchev–Trinajstić information content (AvgIpc) is 2.74. The van der Waals surface area contributed by atoms with Crippen LogP contribution in [0.15, 0.2) is 42.5 Å². The molecule has 0 unspecified atom stereocenters. The number of ether oxygens (including phenoxy) is 2. The number of nitrogens with one attached hydrogen (secondary N) is 1. The maximum absolute atomic E-state index is 12.8. The van der Waals surface area contributed by atoms with Gasteiger partial charge in [0, 0.05) is 37.2 Å². The van der Waals surface area contributed by atoms with E-state index in [2.05, 4.69) is 5.43 Å². The Labute approximate surface area is 162 Å². The first-order valence-corrected chi connectivity index (χ1v) is 8.67. The molecule has 0 radical (unpaired) electrons. The van der Waals surface area contributed by atoms with Gasteiger partial charge in [-0.25, -0.2) is 5.01 Å². The lowest BCUT2D eigenvalue weighted by atomic mass is 10.1. The summed E-state index contributed by atoms with van der Waals surface area (Å²) in [7, 11) is 4.73. The number of benzene rings is 2. The van der Waals surface area contributed by atoms with Gasteiger partial charge >= 0.3 is 0 Å². The predicted octanol–water partition coefficient (Wildman–Crippen LogP) is 2.14. The molecular weight excluding hydrogens is 362 g/mol. The van der Waals surface area contributed by atoms with Crippen LogP contribution in [0.4, 0.5) is 11.4 Å². The summed E-state index contributed by atoms with van der Waals surface area (Å²) < 4.78 is 10.5. The van der Waals surface area contributed by atoms with Crippen molar-refractivity contribution >= 4 is 29.1 Å². The molecule has 0 bridgehead atoms. The van der Waals surface area contributed by atoms with Crippen LogP contribution in [-0.2, 0) is 9.59 Å². The Morgan fingerprint density at radius 3 is 2.32 bits per heavy atom. The van der Waals surface area contributed by atoms with Crippen molar-refractivity contribution in [1.82, 2.24) is 5.43 Å². The number of anilines is 2. The number of rotatable bonds is 5. The van der Waals surface area contributed by atoms with Gasteiger partial charge in [-0.2, -0.15) is 0 Å². The van der Waals surface area contributed by atoms with Crippen LogP contribution < -0.4 is 24.8 Å². The van der Waals surface area contributed by atoms with E-state index in [0.29, 0.717) is 28.4 Å². The topological polar surface area (TPSA) is 88.2 Å². The van der Waals surface area contributed by atoms with Crippen molar-refractivity contribution in [1.29, 1.82) is 0 Å². The summed E-state index contributed by atoms with van der Waals surface area (Å²) in [4.78, 5) is 37.8. The van der Waals surface area contributed by atoms with Crippen LogP contribution in [0.5, 0.6) is 11.5 Å². The van der Waals surface area contributed by atoms with E-state index in [4.69, 9.17) is 9.47 Å². The zero-order chi connectivity index (χ0) is 20.3. The molecule has 8 heteroatoms. The summed E-state index contributed by atoms with van der Waals surface area (Å²) in [6.45, 7) is 0. The summed E-state index contributed by atoms with van der Waals surface area (Å²) >= 11 is 0. The molecule has 1 fully saturated rings. The zero-order valence-electron chi connectivity index (χ0n) is 15.9. The standard InChI is InChI=1S/C20H21N3O5/c1-22(15-8-9-16(27-2)17(12-15)28-3)20(26)13-4-6-14(7-5-13)23-19(25)11-10-18(24)21-23/h4-9,12H,10-11H2,1-3H3,(H,21,24). The molecule has 146 valence electrons. The van der Waals surface area contributed by atoms with Gasteiger partial charge in [0.2, 0.25) is 11.8 Å². The van der Waals surface area contributed by atoms with E-state index < -0.39 is 0 Å².